The molecule has 1 N–H and O–H groups in total. The molecule has 5 aromatic rings. The monoisotopic (exact) mass is 536 g/mol. The number of nitrogens with one attached hydrogen (secondary N) is 1. The maximum absolute atomic E-state index is 13.0. The second-order valence-corrected chi connectivity index (χ2v) is 8.36. The van der Waals surface area contributed by atoms with Crippen LogP contribution in [0.4, 0.5) is 18.9 Å². The summed E-state index contributed by atoms with van der Waals surface area (Å²) in [7, 11) is 1.86. The Bertz CT molecular complexity index is 1750. The molecule has 5 rings (SSSR count). The minimum Gasteiger partial charge on any atom is -0.438 e. The highest BCUT2D eigenvalue weighted by Crippen LogP contribution is 2.29. The van der Waals surface area contributed by atoms with E-state index >= 15 is 0 Å². The van der Waals surface area contributed by atoms with E-state index in [4.69, 9.17) is 4.74 Å². The van der Waals surface area contributed by atoms with Crippen molar-refractivity contribution in [2.75, 3.05) is 5.32 Å². The summed E-state index contributed by atoms with van der Waals surface area (Å²) >= 11 is 0. The number of anilines is 1. The first kappa shape index (κ1) is 25.4. The van der Waals surface area contributed by atoms with E-state index in [9.17, 15) is 22.8 Å². The summed E-state index contributed by atoms with van der Waals surface area (Å²) in [5.74, 6) is -0.483. The van der Waals surface area contributed by atoms with Gasteiger partial charge in [-0.1, -0.05) is 12.1 Å². The first-order chi connectivity index (χ1) is 18.6. The van der Waals surface area contributed by atoms with Gasteiger partial charge in [0.1, 0.15) is 23.4 Å². The fourth-order valence-electron chi connectivity index (χ4n) is 3.83. The fraction of sp³-hybridized carbons (Fsp3) is 0.115. The summed E-state index contributed by atoms with van der Waals surface area (Å²) in [5, 5.41) is 7.43. The molecule has 0 saturated carbocycles. The van der Waals surface area contributed by atoms with Crippen molar-refractivity contribution < 1.29 is 27.4 Å². The highest BCUT2D eigenvalue weighted by Gasteiger charge is 2.32. The van der Waals surface area contributed by atoms with Gasteiger partial charge in [-0.2, -0.15) is 9.78 Å². The number of halogens is 3. The average molecular weight is 536 g/mol. The zero-order valence-electron chi connectivity index (χ0n) is 20.4. The maximum Gasteiger partial charge on any atom is 0.573 e. The van der Waals surface area contributed by atoms with Gasteiger partial charge in [0, 0.05) is 25.0 Å². The van der Waals surface area contributed by atoms with Crippen molar-refractivity contribution in [3.63, 3.8) is 0 Å². The van der Waals surface area contributed by atoms with Gasteiger partial charge in [0.2, 0.25) is 5.88 Å². The first-order valence-corrected chi connectivity index (χ1v) is 11.4. The van der Waals surface area contributed by atoms with Crippen LogP contribution in [0.15, 0.2) is 78.0 Å². The van der Waals surface area contributed by atoms with Crippen LogP contribution in [-0.4, -0.2) is 36.6 Å². The molecule has 3 heterocycles. The standard InChI is InChI=1S/C26H19F3N6O4/c1-15-13-21(36)35(19-5-3-4-6-20(19)39-26(27,28)29)33-22(15)24(37)32-16-7-9-17(10-8-16)38-25-18-11-12-34(2)23(18)30-14-31-25/h3-14H,1-2H3,(H,32,37). The average Bonchev–Trinajstić information content (AvgIpc) is 3.26. The van der Waals surface area contributed by atoms with Crippen molar-refractivity contribution in [2.45, 2.75) is 13.3 Å². The van der Waals surface area contributed by atoms with Gasteiger partial charge in [-0.05, 0) is 55.0 Å². The van der Waals surface area contributed by atoms with Crippen molar-refractivity contribution in [2.24, 2.45) is 7.05 Å². The van der Waals surface area contributed by atoms with Crippen LogP contribution in [0.1, 0.15) is 16.1 Å². The number of aromatic nitrogens is 5. The molecule has 0 radical (unpaired) electrons. The molecule has 198 valence electrons. The molecule has 0 aliphatic heterocycles. The molecule has 0 unspecified atom stereocenters. The van der Waals surface area contributed by atoms with Crippen molar-refractivity contribution in [1.82, 2.24) is 24.3 Å². The van der Waals surface area contributed by atoms with E-state index < -0.39 is 23.6 Å². The highest BCUT2D eigenvalue weighted by atomic mass is 19.4. The number of hydrogen-bond acceptors (Lipinski definition) is 7. The molecule has 3 aromatic heterocycles. The molecular formula is C26H19F3N6O4. The predicted octanol–water partition coefficient (Wildman–Crippen LogP) is 4.77. The molecule has 0 aliphatic rings. The molecule has 0 atom stereocenters. The normalized spacial score (nSPS) is 11.4. The van der Waals surface area contributed by atoms with E-state index in [1.54, 1.807) is 24.3 Å². The zero-order valence-corrected chi connectivity index (χ0v) is 20.4. The molecule has 1 amide bonds. The first-order valence-electron chi connectivity index (χ1n) is 11.4. The number of ether oxygens (including phenoxy) is 2. The Labute approximate surface area is 218 Å². The molecule has 0 saturated heterocycles. The summed E-state index contributed by atoms with van der Waals surface area (Å²) < 4.78 is 51.0. The molecule has 10 nitrogen and oxygen atoms in total. The van der Waals surface area contributed by atoms with Crippen LogP contribution in [0.2, 0.25) is 0 Å². The van der Waals surface area contributed by atoms with Crippen LogP contribution in [0.3, 0.4) is 0 Å². The van der Waals surface area contributed by atoms with Crippen molar-refractivity contribution in [1.29, 1.82) is 0 Å². The molecule has 0 fully saturated rings. The third-order valence-electron chi connectivity index (χ3n) is 5.61. The summed E-state index contributed by atoms with van der Waals surface area (Å²) in [6.45, 7) is 1.49. The van der Waals surface area contributed by atoms with Crippen LogP contribution < -0.4 is 20.3 Å². The van der Waals surface area contributed by atoms with E-state index in [0.717, 1.165) is 17.5 Å². The Kier molecular flexibility index (Phi) is 6.48. The van der Waals surface area contributed by atoms with Crippen molar-refractivity contribution in [3.8, 4) is 23.1 Å². The van der Waals surface area contributed by atoms with Crippen molar-refractivity contribution in [3.05, 3.63) is 94.8 Å². The lowest BCUT2D eigenvalue weighted by molar-refractivity contribution is -0.274. The van der Waals surface area contributed by atoms with Crippen LogP contribution in [0, 0.1) is 6.92 Å². The number of para-hydroxylation sites is 2. The summed E-state index contributed by atoms with van der Waals surface area (Å²) in [6.07, 6.45) is -1.75. The van der Waals surface area contributed by atoms with E-state index in [2.05, 4.69) is 25.1 Å². The summed E-state index contributed by atoms with van der Waals surface area (Å²) in [5.41, 5.74) is 0.164. The lowest BCUT2D eigenvalue weighted by Crippen LogP contribution is -2.28. The van der Waals surface area contributed by atoms with Crippen LogP contribution in [0.25, 0.3) is 16.7 Å². The maximum atomic E-state index is 13.0. The number of fused-ring (bicyclic) bond motifs is 1. The lowest BCUT2D eigenvalue weighted by atomic mass is 10.2. The van der Waals surface area contributed by atoms with E-state index in [1.165, 1.54) is 31.5 Å². The Hall–Kier alpha value is -5.20. The van der Waals surface area contributed by atoms with Gasteiger partial charge in [-0.25, -0.2) is 9.97 Å². The SMILES string of the molecule is Cc1cc(=O)n(-c2ccccc2OC(F)(F)F)nc1C(=O)Nc1ccc(Oc2ncnc3c2ccn3C)cc1. The largest absolute Gasteiger partial charge is 0.573 e. The van der Waals surface area contributed by atoms with E-state index in [1.807, 2.05) is 23.9 Å². The topological polar surface area (TPSA) is 113 Å². The van der Waals surface area contributed by atoms with Gasteiger partial charge in [-0.15, -0.1) is 13.2 Å². The number of amides is 1. The van der Waals surface area contributed by atoms with Gasteiger partial charge in [0.25, 0.3) is 11.5 Å². The number of hydrogen-bond donors (Lipinski definition) is 1. The number of nitrogens with zero attached hydrogens (tertiary/aromatic N) is 5. The molecule has 0 aliphatic carbocycles. The molecule has 2 aromatic carbocycles. The fourth-order valence-corrected chi connectivity index (χ4v) is 3.83. The lowest BCUT2D eigenvalue weighted by Gasteiger charge is -2.15. The van der Waals surface area contributed by atoms with E-state index in [0.29, 0.717) is 27.6 Å². The number of carbonyl (C=O) groups is 1. The van der Waals surface area contributed by atoms with Crippen LogP contribution >= 0.6 is 0 Å². The summed E-state index contributed by atoms with van der Waals surface area (Å²) in [4.78, 5) is 34.0. The Morgan fingerprint density at radius 3 is 2.51 bits per heavy atom. The summed E-state index contributed by atoms with van der Waals surface area (Å²) in [6, 6.07) is 14.4. The Balaban J connectivity index is 1.37. The molecular weight excluding hydrogens is 517 g/mol. The number of carbonyl (C=O) groups excluding carboxylic acids is 1. The van der Waals surface area contributed by atoms with Crippen molar-refractivity contribution >= 4 is 22.6 Å². The van der Waals surface area contributed by atoms with Crippen LogP contribution in [-0.2, 0) is 7.05 Å². The minimum absolute atomic E-state index is 0.163. The molecule has 39 heavy (non-hydrogen) atoms. The number of benzene rings is 2. The zero-order chi connectivity index (χ0) is 27.7. The Morgan fingerprint density at radius 2 is 1.77 bits per heavy atom. The molecule has 0 bridgehead atoms. The van der Waals surface area contributed by atoms with E-state index in [-0.39, 0.29) is 16.9 Å². The highest BCUT2D eigenvalue weighted by molar-refractivity contribution is 6.03. The van der Waals surface area contributed by atoms with Gasteiger partial charge >= 0.3 is 6.36 Å². The molecule has 13 heteroatoms. The predicted molar refractivity (Wildman–Crippen MR) is 134 cm³/mol. The van der Waals surface area contributed by atoms with Gasteiger partial charge < -0.3 is 19.4 Å². The van der Waals surface area contributed by atoms with Crippen LogP contribution in [0.5, 0.6) is 17.4 Å². The number of alkyl halides is 3. The quantitative estimate of drug-likeness (QED) is 0.333. The second-order valence-electron chi connectivity index (χ2n) is 8.36. The smallest absolute Gasteiger partial charge is 0.438 e. The third-order valence-corrected chi connectivity index (χ3v) is 5.61. The van der Waals surface area contributed by atoms with Gasteiger partial charge in [-0.3, -0.25) is 9.59 Å². The number of aryl methyl sites for hydroxylation is 2. The second kappa shape index (κ2) is 9.93. The van der Waals surface area contributed by atoms with Gasteiger partial charge in [0.15, 0.2) is 11.4 Å². The third kappa shape index (κ3) is 5.42. The van der Waals surface area contributed by atoms with Gasteiger partial charge in [0.05, 0.1) is 5.39 Å². The molecule has 0 spiro atoms. The number of rotatable bonds is 6. The Morgan fingerprint density at radius 1 is 1.03 bits per heavy atom. The minimum atomic E-state index is -4.99.